The lowest BCUT2D eigenvalue weighted by molar-refractivity contribution is -0.136. The van der Waals surface area contributed by atoms with Crippen LogP contribution in [0, 0.1) is 0 Å². The molecular weight excluding hydrogens is 240 g/mol. The summed E-state index contributed by atoms with van der Waals surface area (Å²) in [5.74, 6) is 1.18. The zero-order valence-electron chi connectivity index (χ0n) is 9.26. The van der Waals surface area contributed by atoms with Crippen LogP contribution in [0.3, 0.4) is 0 Å². The maximum Gasteiger partial charge on any atom is 0.316 e. The predicted octanol–water partition coefficient (Wildman–Crippen LogP) is 2.78. The topological polar surface area (TPSA) is 37.3 Å². The molecule has 0 amide bonds. The molecule has 0 saturated carbocycles. The molecule has 0 bridgehead atoms. The molecule has 1 N–H and O–H groups in total. The SMILES string of the molecule is CSCCSC(Cc1ccccc1)C(=O)O. The van der Waals surface area contributed by atoms with Crippen LogP contribution in [0.4, 0.5) is 0 Å². The van der Waals surface area contributed by atoms with Crippen LogP contribution in [0.2, 0.25) is 0 Å². The Morgan fingerprint density at radius 3 is 2.56 bits per heavy atom. The highest BCUT2D eigenvalue weighted by Gasteiger charge is 2.17. The third kappa shape index (κ3) is 4.94. The van der Waals surface area contributed by atoms with E-state index in [1.807, 2.05) is 36.6 Å². The van der Waals surface area contributed by atoms with E-state index in [2.05, 4.69) is 0 Å². The Bertz CT molecular complexity index is 314. The lowest BCUT2D eigenvalue weighted by Gasteiger charge is -2.11. The normalized spacial score (nSPS) is 12.3. The predicted molar refractivity (Wildman–Crippen MR) is 72.4 cm³/mol. The van der Waals surface area contributed by atoms with Crippen molar-refractivity contribution in [1.82, 2.24) is 0 Å². The van der Waals surface area contributed by atoms with Crippen LogP contribution in [0.1, 0.15) is 5.56 Å². The molecule has 0 heterocycles. The van der Waals surface area contributed by atoms with E-state index in [-0.39, 0.29) is 5.25 Å². The molecule has 0 aliphatic heterocycles. The molecule has 0 aromatic heterocycles. The minimum atomic E-state index is -0.713. The van der Waals surface area contributed by atoms with Crippen molar-refractivity contribution in [2.45, 2.75) is 11.7 Å². The third-order valence-corrected chi connectivity index (χ3v) is 4.23. The largest absolute Gasteiger partial charge is 0.480 e. The van der Waals surface area contributed by atoms with Crippen LogP contribution >= 0.6 is 23.5 Å². The second-order valence-corrected chi connectivity index (χ2v) is 5.68. The number of hydrogen-bond acceptors (Lipinski definition) is 3. The molecule has 1 rings (SSSR count). The van der Waals surface area contributed by atoms with E-state index in [0.717, 1.165) is 17.1 Å². The molecule has 0 radical (unpaired) electrons. The second kappa shape index (κ2) is 7.63. The summed E-state index contributed by atoms with van der Waals surface area (Å²) in [4.78, 5) is 11.1. The lowest BCUT2D eigenvalue weighted by Crippen LogP contribution is -2.20. The number of thioether (sulfide) groups is 2. The Balaban J connectivity index is 2.48. The maximum atomic E-state index is 11.1. The summed E-state index contributed by atoms with van der Waals surface area (Å²) in [7, 11) is 0. The summed E-state index contributed by atoms with van der Waals surface area (Å²) < 4.78 is 0. The highest BCUT2D eigenvalue weighted by Crippen LogP contribution is 2.18. The van der Waals surface area contributed by atoms with E-state index in [0.29, 0.717) is 6.42 Å². The van der Waals surface area contributed by atoms with Crippen molar-refractivity contribution in [2.75, 3.05) is 17.8 Å². The molecule has 0 aliphatic rings. The number of carboxylic acids is 1. The van der Waals surface area contributed by atoms with Gasteiger partial charge in [-0.05, 0) is 18.2 Å². The van der Waals surface area contributed by atoms with Gasteiger partial charge in [0.15, 0.2) is 0 Å². The lowest BCUT2D eigenvalue weighted by atomic mass is 10.1. The summed E-state index contributed by atoms with van der Waals surface area (Å²) in [5, 5.41) is 8.78. The van der Waals surface area contributed by atoms with Gasteiger partial charge in [0.2, 0.25) is 0 Å². The van der Waals surface area contributed by atoms with Crippen molar-refractivity contribution in [1.29, 1.82) is 0 Å². The molecule has 1 aromatic carbocycles. The van der Waals surface area contributed by atoms with Gasteiger partial charge >= 0.3 is 5.97 Å². The average molecular weight is 256 g/mol. The summed E-state index contributed by atoms with van der Waals surface area (Å²) in [5.41, 5.74) is 1.09. The van der Waals surface area contributed by atoms with Gasteiger partial charge in [-0.3, -0.25) is 4.79 Å². The Morgan fingerprint density at radius 1 is 1.31 bits per heavy atom. The Kier molecular flexibility index (Phi) is 6.42. The van der Waals surface area contributed by atoms with E-state index in [1.165, 1.54) is 11.8 Å². The van der Waals surface area contributed by atoms with Gasteiger partial charge < -0.3 is 5.11 Å². The average Bonchev–Trinajstić information content (AvgIpc) is 2.29. The number of hydrogen-bond donors (Lipinski definition) is 1. The first-order valence-corrected chi connectivity index (χ1v) is 7.55. The Morgan fingerprint density at radius 2 is 2.00 bits per heavy atom. The molecular formula is C12H16O2S2. The highest BCUT2D eigenvalue weighted by molar-refractivity contribution is 8.03. The molecule has 0 fully saturated rings. The van der Waals surface area contributed by atoms with Gasteiger partial charge in [0.25, 0.3) is 0 Å². The quantitative estimate of drug-likeness (QED) is 0.761. The van der Waals surface area contributed by atoms with Crippen molar-refractivity contribution in [2.24, 2.45) is 0 Å². The molecule has 2 nitrogen and oxygen atoms in total. The third-order valence-electron chi connectivity index (χ3n) is 2.15. The maximum absolute atomic E-state index is 11.1. The Hall–Kier alpha value is -0.610. The first-order chi connectivity index (χ1) is 7.74. The van der Waals surface area contributed by atoms with Gasteiger partial charge in [0, 0.05) is 11.5 Å². The zero-order chi connectivity index (χ0) is 11.8. The van der Waals surface area contributed by atoms with Crippen LogP contribution in [0.5, 0.6) is 0 Å². The van der Waals surface area contributed by atoms with Crippen molar-refractivity contribution >= 4 is 29.5 Å². The molecule has 0 aliphatic carbocycles. The summed E-state index contributed by atoms with van der Waals surface area (Å²) in [6.07, 6.45) is 2.64. The van der Waals surface area contributed by atoms with E-state index in [9.17, 15) is 4.79 Å². The summed E-state index contributed by atoms with van der Waals surface area (Å²) >= 11 is 3.28. The fourth-order valence-electron chi connectivity index (χ4n) is 1.32. The number of aliphatic carboxylic acids is 1. The van der Waals surface area contributed by atoms with Gasteiger partial charge in [-0.15, -0.1) is 11.8 Å². The van der Waals surface area contributed by atoms with Crippen molar-refractivity contribution in [3.8, 4) is 0 Å². The molecule has 88 valence electrons. The molecule has 16 heavy (non-hydrogen) atoms. The Labute approximate surface area is 105 Å². The molecule has 1 unspecified atom stereocenters. The first kappa shape index (κ1) is 13.5. The molecule has 1 atom stereocenters. The molecule has 1 aromatic rings. The number of carboxylic acid groups (broad SMARTS) is 1. The van der Waals surface area contributed by atoms with E-state index < -0.39 is 5.97 Å². The summed E-state index contributed by atoms with van der Waals surface area (Å²) in [6.45, 7) is 0. The van der Waals surface area contributed by atoms with E-state index in [4.69, 9.17) is 5.11 Å². The molecule has 4 heteroatoms. The number of rotatable bonds is 7. The van der Waals surface area contributed by atoms with Crippen LogP contribution in [0.15, 0.2) is 30.3 Å². The number of carbonyl (C=O) groups is 1. The number of benzene rings is 1. The van der Waals surface area contributed by atoms with E-state index in [1.54, 1.807) is 11.8 Å². The van der Waals surface area contributed by atoms with Crippen LogP contribution in [0.25, 0.3) is 0 Å². The van der Waals surface area contributed by atoms with Gasteiger partial charge in [-0.1, -0.05) is 30.3 Å². The van der Waals surface area contributed by atoms with Crippen molar-refractivity contribution < 1.29 is 9.90 Å². The minimum absolute atomic E-state index is 0.324. The van der Waals surface area contributed by atoms with E-state index >= 15 is 0 Å². The fraction of sp³-hybridized carbons (Fsp3) is 0.417. The van der Waals surface area contributed by atoms with Crippen LogP contribution in [-0.4, -0.2) is 34.1 Å². The molecule has 0 saturated heterocycles. The van der Waals surface area contributed by atoms with Crippen LogP contribution in [-0.2, 0) is 11.2 Å². The second-order valence-electron chi connectivity index (χ2n) is 3.38. The standard InChI is InChI=1S/C12H16O2S2/c1-15-7-8-16-11(12(13)14)9-10-5-3-2-4-6-10/h2-6,11H,7-9H2,1H3,(H,13,14). The van der Waals surface area contributed by atoms with Crippen molar-refractivity contribution in [3.63, 3.8) is 0 Å². The summed E-state index contributed by atoms with van der Waals surface area (Å²) in [6, 6.07) is 9.79. The van der Waals surface area contributed by atoms with Gasteiger partial charge in [-0.2, -0.15) is 11.8 Å². The van der Waals surface area contributed by atoms with Gasteiger partial charge in [0.1, 0.15) is 5.25 Å². The highest BCUT2D eigenvalue weighted by atomic mass is 32.2. The van der Waals surface area contributed by atoms with Crippen LogP contribution < -0.4 is 0 Å². The van der Waals surface area contributed by atoms with Crippen molar-refractivity contribution in [3.05, 3.63) is 35.9 Å². The van der Waals surface area contributed by atoms with Gasteiger partial charge in [0.05, 0.1) is 0 Å². The zero-order valence-corrected chi connectivity index (χ0v) is 10.9. The van der Waals surface area contributed by atoms with Gasteiger partial charge in [-0.25, -0.2) is 0 Å². The minimum Gasteiger partial charge on any atom is -0.480 e. The first-order valence-electron chi connectivity index (χ1n) is 5.11. The monoisotopic (exact) mass is 256 g/mol. The molecule has 0 spiro atoms. The fourth-order valence-corrected chi connectivity index (χ4v) is 3.11. The smallest absolute Gasteiger partial charge is 0.316 e.